The molecule has 10 N–H and O–H groups in total. The molecular weight excluding hydrogens is 337 g/mol. The summed E-state index contributed by atoms with van der Waals surface area (Å²) >= 11 is 0. The molecule has 2 aliphatic rings. The van der Waals surface area contributed by atoms with Gasteiger partial charge in [-0.1, -0.05) is 0 Å². The third-order valence-electron chi connectivity index (χ3n) is 3.98. The van der Waals surface area contributed by atoms with Crippen molar-refractivity contribution in [2.75, 3.05) is 13.2 Å². The minimum atomic E-state index is -1.74. The van der Waals surface area contributed by atoms with E-state index in [-0.39, 0.29) is 5.48 Å². The van der Waals surface area contributed by atoms with Crippen molar-refractivity contribution in [2.24, 2.45) is 0 Å². The fourth-order valence-corrected chi connectivity index (χ4v) is 2.57. The van der Waals surface area contributed by atoms with Crippen LogP contribution in [0.3, 0.4) is 0 Å². The molecule has 0 radical (unpaired) electrons. The molecule has 2 aliphatic heterocycles. The normalized spacial score (nSPS) is 49.5. The Morgan fingerprint density at radius 2 is 1.25 bits per heavy atom. The maximum absolute atomic E-state index is 9.94. The summed E-state index contributed by atoms with van der Waals surface area (Å²) in [5, 5.41) is 76.5. The van der Waals surface area contributed by atoms with Crippen LogP contribution >= 0.6 is 0 Å². The second kappa shape index (κ2) is 8.75. The Kier molecular flexibility index (Phi) is 7.86. The van der Waals surface area contributed by atoms with Crippen molar-refractivity contribution in [3.05, 3.63) is 0 Å². The molecule has 0 saturated carbocycles. The second-order valence-corrected chi connectivity index (χ2v) is 5.53. The Balaban J connectivity index is 0.00000288. The number of ether oxygens (including phenoxy) is 3. The average Bonchev–Trinajstić information content (AvgIpc) is 2.55. The van der Waals surface area contributed by atoms with E-state index in [0.29, 0.717) is 0 Å². The molecular formula is C12H24O12. The van der Waals surface area contributed by atoms with Crippen LogP contribution in [0.2, 0.25) is 0 Å². The van der Waals surface area contributed by atoms with Gasteiger partial charge in [0.05, 0.1) is 13.2 Å². The standard InChI is InChI=1S/C12H22O11.H2O/c13-1-3-5(15)6(16)9(19)12(22-3)23-10-4(2-14)21-11(20)8(18)7(10)17;/h3-20H,1-2H2;1H2/t3-,4-,5+,6+,7-,8-,9-,10-,11?,12+;/m1./s1/i11+1;. The highest BCUT2D eigenvalue weighted by Crippen LogP contribution is 2.28. The van der Waals surface area contributed by atoms with Crippen LogP contribution in [0.4, 0.5) is 0 Å². The molecule has 2 saturated heterocycles. The minimum absolute atomic E-state index is 0. The van der Waals surface area contributed by atoms with Crippen LogP contribution in [0.25, 0.3) is 0 Å². The second-order valence-electron chi connectivity index (χ2n) is 5.53. The highest BCUT2D eigenvalue weighted by molar-refractivity contribution is 4.93. The fraction of sp³-hybridized carbons (Fsp3) is 1.00. The number of aliphatic hydroxyl groups is 8. The van der Waals surface area contributed by atoms with E-state index >= 15 is 0 Å². The lowest BCUT2D eigenvalue weighted by Crippen LogP contribution is -2.64. The molecule has 12 heteroatoms. The minimum Gasteiger partial charge on any atom is -0.412 e. The van der Waals surface area contributed by atoms with Crippen LogP contribution in [0.15, 0.2) is 0 Å². The van der Waals surface area contributed by atoms with E-state index in [9.17, 15) is 35.7 Å². The molecule has 144 valence electrons. The lowest BCUT2D eigenvalue weighted by Gasteiger charge is -2.45. The van der Waals surface area contributed by atoms with E-state index in [1.807, 2.05) is 0 Å². The third kappa shape index (κ3) is 4.01. The first-order valence-electron chi connectivity index (χ1n) is 7.08. The summed E-state index contributed by atoms with van der Waals surface area (Å²) in [6.07, 6.45) is -15.6. The molecule has 2 heterocycles. The molecule has 10 atom stereocenters. The van der Waals surface area contributed by atoms with Crippen LogP contribution in [0.1, 0.15) is 0 Å². The van der Waals surface area contributed by atoms with Gasteiger partial charge < -0.3 is 60.5 Å². The van der Waals surface area contributed by atoms with Crippen molar-refractivity contribution < 1.29 is 60.5 Å². The highest BCUT2D eigenvalue weighted by Gasteiger charge is 2.50. The molecule has 12 nitrogen and oxygen atoms in total. The molecule has 2 rings (SSSR count). The van der Waals surface area contributed by atoms with Gasteiger partial charge in [0.2, 0.25) is 0 Å². The molecule has 0 aliphatic carbocycles. The van der Waals surface area contributed by atoms with Crippen molar-refractivity contribution in [3.8, 4) is 0 Å². The molecule has 2 fully saturated rings. The molecule has 0 aromatic rings. The molecule has 0 bridgehead atoms. The molecule has 24 heavy (non-hydrogen) atoms. The lowest BCUT2D eigenvalue weighted by atomic mass is 9.98. The first-order chi connectivity index (χ1) is 10.8. The Bertz CT molecular complexity index is 379. The van der Waals surface area contributed by atoms with Crippen molar-refractivity contribution in [2.45, 2.75) is 61.4 Å². The Morgan fingerprint density at radius 1 is 0.667 bits per heavy atom. The quantitative estimate of drug-likeness (QED) is 0.220. The van der Waals surface area contributed by atoms with Gasteiger partial charge in [0, 0.05) is 0 Å². The van der Waals surface area contributed by atoms with E-state index in [1.165, 1.54) is 0 Å². The zero-order chi connectivity index (χ0) is 17.3. The van der Waals surface area contributed by atoms with Gasteiger partial charge in [-0.15, -0.1) is 0 Å². The van der Waals surface area contributed by atoms with E-state index in [1.54, 1.807) is 0 Å². The van der Waals surface area contributed by atoms with Gasteiger partial charge in [-0.2, -0.15) is 0 Å². The zero-order valence-corrected chi connectivity index (χ0v) is 12.5. The molecule has 0 aromatic heterocycles. The summed E-state index contributed by atoms with van der Waals surface area (Å²) in [6, 6.07) is 0. The Hall–Kier alpha value is -0.480. The highest BCUT2D eigenvalue weighted by atomic mass is 16.8. The van der Waals surface area contributed by atoms with E-state index in [0.717, 1.165) is 0 Å². The van der Waals surface area contributed by atoms with Crippen molar-refractivity contribution >= 4 is 0 Å². The fourth-order valence-electron chi connectivity index (χ4n) is 2.57. The average molecular weight is 361 g/mol. The number of hydrogen-bond donors (Lipinski definition) is 8. The summed E-state index contributed by atoms with van der Waals surface area (Å²) in [5.41, 5.74) is 0. The Labute approximate surface area is 136 Å². The predicted octanol–water partition coefficient (Wildman–Crippen LogP) is -6.22. The largest absolute Gasteiger partial charge is 0.412 e. The summed E-state index contributed by atoms with van der Waals surface area (Å²) < 4.78 is 15.3. The van der Waals surface area contributed by atoms with Crippen LogP contribution in [0.5, 0.6) is 0 Å². The summed E-state index contributed by atoms with van der Waals surface area (Å²) in [4.78, 5) is 0. The smallest absolute Gasteiger partial charge is 0.187 e. The van der Waals surface area contributed by atoms with Crippen molar-refractivity contribution in [3.63, 3.8) is 0 Å². The van der Waals surface area contributed by atoms with Crippen molar-refractivity contribution in [1.82, 2.24) is 0 Å². The number of rotatable bonds is 4. The lowest BCUT2D eigenvalue weighted by molar-refractivity contribution is -0.355. The summed E-state index contributed by atoms with van der Waals surface area (Å²) in [6.45, 7) is -1.35. The van der Waals surface area contributed by atoms with Gasteiger partial charge in [-0.05, 0) is 0 Å². The first-order valence-corrected chi connectivity index (χ1v) is 7.08. The van der Waals surface area contributed by atoms with Gasteiger partial charge in [0.1, 0.15) is 48.8 Å². The van der Waals surface area contributed by atoms with Crippen LogP contribution in [-0.4, -0.2) is 121 Å². The zero-order valence-electron chi connectivity index (χ0n) is 12.5. The van der Waals surface area contributed by atoms with E-state index in [4.69, 9.17) is 19.3 Å². The van der Waals surface area contributed by atoms with E-state index < -0.39 is 74.6 Å². The van der Waals surface area contributed by atoms with Crippen LogP contribution in [0, 0.1) is 0 Å². The Morgan fingerprint density at radius 3 is 1.79 bits per heavy atom. The van der Waals surface area contributed by atoms with Gasteiger partial charge >= 0.3 is 0 Å². The van der Waals surface area contributed by atoms with Gasteiger partial charge in [0.15, 0.2) is 12.6 Å². The van der Waals surface area contributed by atoms with Crippen LogP contribution < -0.4 is 0 Å². The maximum Gasteiger partial charge on any atom is 0.187 e. The number of hydrogen-bond acceptors (Lipinski definition) is 11. The maximum atomic E-state index is 9.94. The third-order valence-corrected chi connectivity index (χ3v) is 3.98. The molecule has 0 spiro atoms. The predicted molar refractivity (Wildman–Crippen MR) is 72.2 cm³/mol. The van der Waals surface area contributed by atoms with Gasteiger partial charge in [-0.25, -0.2) is 0 Å². The van der Waals surface area contributed by atoms with Gasteiger partial charge in [-0.3, -0.25) is 0 Å². The molecule has 0 aromatic carbocycles. The van der Waals surface area contributed by atoms with Crippen molar-refractivity contribution in [1.29, 1.82) is 0 Å². The van der Waals surface area contributed by atoms with Crippen LogP contribution in [-0.2, 0) is 14.2 Å². The monoisotopic (exact) mass is 361 g/mol. The first kappa shape index (κ1) is 21.6. The summed E-state index contributed by atoms with van der Waals surface area (Å²) in [5.74, 6) is 0. The molecule has 0 amide bonds. The number of aliphatic hydroxyl groups excluding tert-OH is 8. The molecule has 1 unspecified atom stereocenters. The van der Waals surface area contributed by atoms with Gasteiger partial charge in [0.25, 0.3) is 0 Å². The summed E-state index contributed by atoms with van der Waals surface area (Å²) in [7, 11) is 0. The van der Waals surface area contributed by atoms with E-state index in [2.05, 4.69) is 0 Å². The topological polar surface area (TPSA) is 221 Å². The SMILES string of the molecule is O.OC[C@H]1O[C@@H](O[C@H]2[C@H](O)[C@@H](O)[13CH](O)O[C@@H]2CO)[C@H](O)[C@@H](O)[C@H]1O.